The molecule has 1 fully saturated rings. The van der Waals surface area contributed by atoms with Crippen molar-refractivity contribution in [3.8, 4) is 5.75 Å². The summed E-state index contributed by atoms with van der Waals surface area (Å²) in [5.41, 5.74) is 2.63. The smallest absolute Gasteiger partial charge is 0.125 e. The van der Waals surface area contributed by atoms with Crippen molar-refractivity contribution in [3.63, 3.8) is 0 Å². The lowest BCUT2D eigenvalue weighted by molar-refractivity contribution is 0.403. The molecule has 0 aliphatic carbocycles. The van der Waals surface area contributed by atoms with Gasteiger partial charge in [-0.15, -0.1) is 0 Å². The van der Waals surface area contributed by atoms with Crippen LogP contribution in [0.4, 0.5) is 5.69 Å². The summed E-state index contributed by atoms with van der Waals surface area (Å²) in [6, 6.07) is 6.72. The van der Waals surface area contributed by atoms with Crippen LogP contribution in [-0.4, -0.2) is 27.2 Å². The van der Waals surface area contributed by atoms with Gasteiger partial charge in [0.25, 0.3) is 0 Å². The van der Waals surface area contributed by atoms with Crippen LogP contribution in [0.3, 0.4) is 0 Å². The maximum atomic E-state index is 5.61. The molecule has 0 bridgehead atoms. The van der Waals surface area contributed by atoms with Gasteiger partial charge in [-0.1, -0.05) is 19.4 Å². The van der Waals surface area contributed by atoms with Crippen molar-refractivity contribution in [1.82, 2.24) is 5.32 Å². The molecule has 118 valence electrons. The van der Waals surface area contributed by atoms with Gasteiger partial charge in [0, 0.05) is 30.4 Å². The van der Waals surface area contributed by atoms with E-state index in [1.54, 1.807) is 7.11 Å². The summed E-state index contributed by atoms with van der Waals surface area (Å²) >= 11 is 0. The molecule has 0 radical (unpaired) electrons. The van der Waals surface area contributed by atoms with E-state index in [1.807, 2.05) is 7.05 Å². The van der Waals surface area contributed by atoms with Gasteiger partial charge in [-0.25, -0.2) is 0 Å². The zero-order valence-corrected chi connectivity index (χ0v) is 14.0. The standard InChI is InChI=1S/C18H30N2O/c1-5-15-8-7-12-20(13-11-15)16-9-6-10-17(21-4)18(16)14(2)19-3/h6,9-10,14-15,19H,5,7-8,11-13H2,1-4H3. The lowest BCUT2D eigenvalue weighted by Gasteiger charge is -2.29. The van der Waals surface area contributed by atoms with E-state index in [4.69, 9.17) is 4.74 Å². The molecule has 0 amide bonds. The molecule has 1 aromatic rings. The second-order valence-corrected chi connectivity index (χ2v) is 6.10. The van der Waals surface area contributed by atoms with E-state index in [0.29, 0.717) is 6.04 Å². The topological polar surface area (TPSA) is 24.5 Å². The fourth-order valence-electron chi connectivity index (χ4n) is 3.38. The van der Waals surface area contributed by atoms with Crippen molar-refractivity contribution in [3.05, 3.63) is 23.8 Å². The van der Waals surface area contributed by atoms with Crippen molar-refractivity contribution in [2.45, 2.75) is 45.6 Å². The molecule has 1 aromatic carbocycles. The first-order valence-electron chi connectivity index (χ1n) is 8.30. The molecule has 21 heavy (non-hydrogen) atoms. The Labute approximate surface area is 129 Å². The van der Waals surface area contributed by atoms with Gasteiger partial charge in [0.1, 0.15) is 5.75 Å². The van der Waals surface area contributed by atoms with Crippen molar-refractivity contribution >= 4 is 5.69 Å². The van der Waals surface area contributed by atoms with Crippen LogP contribution < -0.4 is 15.0 Å². The van der Waals surface area contributed by atoms with E-state index >= 15 is 0 Å². The fourth-order valence-corrected chi connectivity index (χ4v) is 3.38. The molecule has 0 saturated carbocycles. The predicted molar refractivity (Wildman–Crippen MR) is 90.3 cm³/mol. The molecule has 2 atom stereocenters. The lowest BCUT2D eigenvalue weighted by Crippen LogP contribution is -2.27. The third-order valence-electron chi connectivity index (χ3n) is 4.89. The molecule has 0 spiro atoms. The van der Waals surface area contributed by atoms with E-state index in [2.05, 4.69) is 42.3 Å². The number of nitrogens with zero attached hydrogens (tertiary/aromatic N) is 1. The summed E-state index contributed by atoms with van der Waals surface area (Å²) in [6.07, 6.45) is 5.28. The summed E-state index contributed by atoms with van der Waals surface area (Å²) in [4.78, 5) is 2.56. The second kappa shape index (κ2) is 7.69. The minimum absolute atomic E-state index is 0.293. The van der Waals surface area contributed by atoms with E-state index in [1.165, 1.54) is 36.9 Å². The number of methoxy groups -OCH3 is 1. The number of benzene rings is 1. The van der Waals surface area contributed by atoms with Crippen LogP contribution in [0.1, 0.15) is 51.1 Å². The minimum Gasteiger partial charge on any atom is -0.496 e. The molecule has 3 heteroatoms. The Balaban J connectivity index is 2.29. The highest BCUT2D eigenvalue weighted by atomic mass is 16.5. The molecule has 1 aliphatic heterocycles. The van der Waals surface area contributed by atoms with Gasteiger partial charge in [0.15, 0.2) is 0 Å². The maximum absolute atomic E-state index is 5.61. The highest BCUT2D eigenvalue weighted by Gasteiger charge is 2.22. The number of hydrogen-bond acceptors (Lipinski definition) is 3. The molecule has 2 unspecified atom stereocenters. The summed E-state index contributed by atoms with van der Waals surface area (Å²) in [5, 5.41) is 3.36. The van der Waals surface area contributed by atoms with Crippen LogP contribution in [0.5, 0.6) is 5.75 Å². The van der Waals surface area contributed by atoms with Gasteiger partial charge in [0.05, 0.1) is 7.11 Å². The molecule has 0 aromatic heterocycles. The summed E-state index contributed by atoms with van der Waals surface area (Å²) in [6.45, 7) is 6.84. The van der Waals surface area contributed by atoms with Crippen LogP contribution in [0, 0.1) is 5.92 Å². The first-order chi connectivity index (χ1) is 10.2. The summed E-state index contributed by atoms with van der Waals surface area (Å²) < 4.78 is 5.61. The molecule has 1 aliphatic rings. The van der Waals surface area contributed by atoms with E-state index < -0.39 is 0 Å². The Morgan fingerprint density at radius 3 is 2.81 bits per heavy atom. The Morgan fingerprint density at radius 1 is 1.33 bits per heavy atom. The van der Waals surface area contributed by atoms with Gasteiger partial charge in [0.2, 0.25) is 0 Å². The summed E-state index contributed by atoms with van der Waals surface area (Å²) in [7, 11) is 3.77. The van der Waals surface area contributed by atoms with Crippen LogP contribution >= 0.6 is 0 Å². The van der Waals surface area contributed by atoms with E-state index in [0.717, 1.165) is 24.8 Å². The van der Waals surface area contributed by atoms with Crippen LogP contribution in [0.15, 0.2) is 18.2 Å². The number of hydrogen-bond donors (Lipinski definition) is 1. The van der Waals surface area contributed by atoms with Crippen molar-refractivity contribution in [2.24, 2.45) is 5.92 Å². The first-order valence-corrected chi connectivity index (χ1v) is 8.30. The molecule has 2 rings (SSSR count). The zero-order valence-electron chi connectivity index (χ0n) is 14.0. The predicted octanol–water partition coefficient (Wildman–Crippen LogP) is 3.99. The van der Waals surface area contributed by atoms with Gasteiger partial charge in [-0.3, -0.25) is 0 Å². The average molecular weight is 290 g/mol. The van der Waals surface area contributed by atoms with Crippen LogP contribution in [0.25, 0.3) is 0 Å². The summed E-state index contributed by atoms with van der Waals surface area (Å²) in [5.74, 6) is 1.89. The Hall–Kier alpha value is -1.22. The Morgan fingerprint density at radius 2 is 2.14 bits per heavy atom. The normalized spacial score (nSPS) is 21.0. The first kappa shape index (κ1) is 16.2. The number of ether oxygens (including phenoxy) is 1. The lowest BCUT2D eigenvalue weighted by atomic mass is 9.98. The van der Waals surface area contributed by atoms with E-state index in [9.17, 15) is 0 Å². The third-order valence-corrected chi connectivity index (χ3v) is 4.89. The van der Waals surface area contributed by atoms with Gasteiger partial charge < -0.3 is 15.0 Å². The van der Waals surface area contributed by atoms with Crippen molar-refractivity contribution in [1.29, 1.82) is 0 Å². The molecule has 3 nitrogen and oxygen atoms in total. The Bertz CT molecular complexity index is 447. The molecule has 1 N–H and O–H groups in total. The highest BCUT2D eigenvalue weighted by molar-refractivity contribution is 5.61. The average Bonchev–Trinajstić information content (AvgIpc) is 2.78. The zero-order chi connectivity index (χ0) is 15.2. The molecule has 1 saturated heterocycles. The fraction of sp³-hybridized carbons (Fsp3) is 0.667. The largest absolute Gasteiger partial charge is 0.496 e. The van der Waals surface area contributed by atoms with Crippen LogP contribution in [0.2, 0.25) is 0 Å². The molecular weight excluding hydrogens is 260 g/mol. The van der Waals surface area contributed by atoms with Crippen molar-refractivity contribution < 1.29 is 4.74 Å². The molecule has 1 heterocycles. The second-order valence-electron chi connectivity index (χ2n) is 6.10. The Kier molecular flexibility index (Phi) is 5.92. The number of anilines is 1. The number of rotatable bonds is 5. The van der Waals surface area contributed by atoms with Gasteiger partial charge in [-0.05, 0) is 51.3 Å². The quantitative estimate of drug-likeness (QED) is 0.887. The van der Waals surface area contributed by atoms with Gasteiger partial charge in [-0.2, -0.15) is 0 Å². The highest BCUT2D eigenvalue weighted by Crippen LogP contribution is 2.36. The molecular formula is C18H30N2O. The SMILES string of the molecule is CCC1CCCN(c2cccc(OC)c2C(C)NC)CC1. The number of nitrogens with one attached hydrogen (secondary N) is 1. The third kappa shape index (κ3) is 3.70. The van der Waals surface area contributed by atoms with Crippen LogP contribution in [-0.2, 0) is 0 Å². The van der Waals surface area contributed by atoms with E-state index in [-0.39, 0.29) is 0 Å². The van der Waals surface area contributed by atoms with Crippen molar-refractivity contribution in [2.75, 3.05) is 32.1 Å². The van der Waals surface area contributed by atoms with Gasteiger partial charge >= 0.3 is 0 Å². The monoisotopic (exact) mass is 290 g/mol. The minimum atomic E-state index is 0.293. The maximum Gasteiger partial charge on any atom is 0.125 e.